The van der Waals surface area contributed by atoms with Crippen molar-refractivity contribution in [3.05, 3.63) is 83.0 Å². The number of nitrogens with one attached hydrogen (secondary N) is 1. The van der Waals surface area contributed by atoms with Gasteiger partial charge < -0.3 is 10.2 Å². The number of aryl methyl sites for hydroxylation is 1. The molecule has 0 saturated carbocycles. The van der Waals surface area contributed by atoms with Gasteiger partial charge in [0.2, 0.25) is 0 Å². The normalized spacial score (nSPS) is 15.5. The van der Waals surface area contributed by atoms with Gasteiger partial charge in [-0.1, -0.05) is 30.3 Å². The number of hydrogen-bond acceptors (Lipinski definition) is 3. The minimum absolute atomic E-state index is 0.118. The number of carbonyl (C=O) groups excluding carboxylic acids is 1. The van der Waals surface area contributed by atoms with Crippen molar-refractivity contribution in [1.82, 2.24) is 4.98 Å². The lowest BCUT2D eigenvalue weighted by atomic mass is 10.1. The molecular weight excluding hydrogens is 334 g/mol. The molecule has 2 aromatic carbocycles. The molecule has 1 N–H and O–H groups in total. The van der Waals surface area contributed by atoms with Gasteiger partial charge in [-0.2, -0.15) is 0 Å². The number of rotatable bonds is 3. The summed E-state index contributed by atoms with van der Waals surface area (Å²) in [7, 11) is 0. The average molecular weight is 357 g/mol. The number of fused-ring (bicyclic) bond motifs is 1. The molecule has 1 atom stereocenters. The van der Waals surface area contributed by atoms with E-state index < -0.39 is 0 Å². The van der Waals surface area contributed by atoms with Crippen LogP contribution in [0.5, 0.6) is 0 Å². The second-order valence-corrected chi connectivity index (χ2v) is 7.16. The first-order valence-corrected chi connectivity index (χ1v) is 9.25. The van der Waals surface area contributed by atoms with Crippen molar-refractivity contribution in [1.29, 1.82) is 0 Å². The van der Waals surface area contributed by atoms with Crippen LogP contribution in [0.25, 0.3) is 0 Å². The monoisotopic (exact) mass is 357 g/mol. The van der Waals surface area contributed by atoms with Gasteiger partial charge in [0.15, 0.2) is 0 Å². The third kappa shape index (κ3) is 3.19. The van der Waals surface area contributed by atoms with Gasteiger partial charge in [-0.15, -0.1) is 0 Å². The number of para-hydroxylation sites is 1. The van der Waals surface area contributed by atoms with Crippen molar-refractivity contribution < 1.29 is 4.79 Å². The fourth-order valence-corrected chi connectivity index (χ4v) is 3.69. The number of pyridine rings is 1. The predicted octanol–water partition coefficient (Wildman–Crippen LogP) is 5.03. The molecule has 27 heavy (non-hydrogen) atoms. The molecule has 0 aliphatic carbocycles. The third-order valence-corrected chi connectivity index (χ3v) is 5.31. The number of hydrogen-bond donors (Lipinski definition) is 1. The molecule has 4 rings (SSSR count). The molecule has 4 nitrogen and oxygen atoms in total. The van der Waals surface area contributed by atoms with E-state index in [2.05, 4.69) is 40.3 Å². The highest BCUT2D eigenvalue weighted by Crippen LogP contribution is 2.37. The quantitative estimate of drug-likeness (QED) is 0.715. The summed E-state index contributed by atoms with van der Waals surface area (Å²) < 4.78 is 0. The van der Waals surface area contributed by atoms with Crippen molar-refractivity contribution in [2.24, 2.45) is 0 Å². The summed E-state index contributed by atoms with van der Waals surface area (Å²) in [5, 5.41) is 3.03. The molecule has 1 aromatic heterocycles. The standard InChI is InChI=1S/C23H23N3O/c1-15-7-6-9-20(17(15)3)25-23(27)19-11-12-24-22(14-19)26-16(2)13-18-8-4-5-10-21(18)26/h4-12,14,16H,13H2,1-3H3,(H,25,27). The lowest BCUT2D eigenvalue weighted by Gasteiger charge is -2.24. The Labute approximate surface area is 159 Å². The first-order valence-electron chi connectivity index (χ1n) is 9.25. The topological polar surface area (TPSA) is 45.2 Å². The van der Waals surface area contributed by atoms with E-state index in [1.807, 2.05) is 44.2 Å². The van der Waals surface area contributed by atoms with Gasteiger partial charge >= 0.3 is 0 Å². The molecule has 1 amide bonds. The molecule has 1 aliphatic rings. The summed E-state index contributed by atoms with van der Waals surface area (Å²) in [6.07, 6.45) is 2.69. The van der Waals surface area contributed by atoms with Gasteiger partial charge in [0.1, 0.15) is 5.82 Å². The van der Waals surface area contributed by atoms with E-state index >= 15 is 0 Å². The van der Waals surface area contributed by atoms with E-state index in [-0.39, 0.29) is 5.91 Å². The van der Waals surface area contributed by atoms with Crippen LogP contribution in [0.2, 0.25) is 0 Å². The molecule has 136 valence electrons. The third-order valence-electron chi connectivity index (χ3n) is 5.31. The van der Waals surface area contributed by atoms with Gasteiger partial charge in [-0.3, -0.25) is 4.79 Å². The number of anilines is 3. The molecule has 0 bridgehead atoms. The van der Waals surface area contributed by atoms with Crippen LogP contribution < -0.4 is 10.2 Å². The number of amides is 1. The highest BCUT2D eigenvalue weighted by molar-refractivity contribution is 6.05. The van der Waals surface area contributed by atoms with E-state index in [9.17, 15) is 4.79 Å². The van der Waals surface area contributed by atoms with Crippen LogP contribution in [0.3, 0.4) is 0 Å². The van der Waals surface area contributed by atoms with Crippen molar-refractivity contribution in [2.45, 2.75) is 33.2 Å². The fourth-order valence-electron chi connectivity index (χ4n) is 3.69. The maximum atomic E-state index is 12.8. The zero-order valence-corrected chi connectivity index (χ0v) is 15.9. The van der Waals surface area contributed by atoms with E-state index in [1.54, 1.807) is 12.3 Å². The number of benzene rings is 2. The van der Waals surface area contributed by atoms with Crippen molar-refractivity contribution in [2.75, 3.05) is 10.2 Å². The zero-order chi connectivity index (χ0) is 19.0. The van der Waals surface area contributed by atoms with Crippen molar-refractivity contribution >= 4 is 23.1 Å². The molecule has 0 saturated heterocycles. The number of nitrogens with zero attached hydrogens (tertiary/aromatic N) is 2. The summed E-state index contributed by atoms with van der Waals surface area (Å²) in [5.74, 6) is 0.688. The summed E-state index contributed by atoms with van der Waals surface area (Å²) in [5.41, 5.74) is 6.19. The second-order valence-electron chi connectivity index (χ2n) is 7.16. The molecule has 1 aliphatic heterocycles. The minimum atomic E-state index is -0.118. The highest BCUT2D eigenvalue weighted by atomic mass is 16.1. The van der Waals surface area contributed by atoms with E-state index in [0.29, 0.717) is 11.6 Å². The lowest BCUT2D eigenvalue weighted by molar-refractivity contribution is 0.102. The van der Waals surface area contributed by atoms with Crippen LogP contribution in [0.4, 0.5) is 17.2 Å². The molecule has 0 radical (unpaired) electrons. The van der Waals surface area contributed by atoms with Gasteiger partial charge in [-0.25, -0.2) is 4.98 Å². The molecule has 0 spiro atoms. The molecule has 0 fully saturated rings. The maximum Gasteiger partial charge on any atom is 0.255 e. The van der Waals surface area contributed by atoms with Crippen molar-refractivity contribution in [3.63, 3.8) is 0 Å². The summed E-state index contributed by atoms with van der Waals surface area (Å²) in [6.45, 7) is 6.25. The Morgan fingerprint density at radius 3 is 2.78 bits per heavy atom. The van der Waals surface area contributed by atoms with Crippen molar-refractivity contribution in [3.8, 4) is 0 Å². The highest BCUT2D eigenvalue weighted by Gasteiger charge is 2.28. The van der Waals surface area contributed by atoms with Gasteiger partial charge in [0.05, 0.1) is 0 Å². The maximum absolute atomic E-state index is 12.8. The van der Waals surface area contributed by atoms with E-state index in [0.717, 1.165) is 29.1 Å². The van der Waals surface area contributed by atoms with Gasteiger partial charge in [-0.05, 0) is 68.1 Å². The summed E-state index contributed by atoms with van der Waals surface area (Å²) in [4.78, 5) is 19.6. The average Bonchev–Trinajstić information content (AvgIpc) is 3.01. The molecule has 4 heteroatoms. The fraction of sp³-hybridized carbons (Fsp3) is 0.217. The minimum Gasteiger partial charge on any atom is -0.323 e. The van der Waals surface area contributed by atoms with Crippen LogP contribution in [0.15, 0.2) is 60.8 Å². The Kier molecular flexibility index (Phi) is 4.40. The predicted molar refractivity (Wildman–Crippen MR) is 110 cm³/mol. The first kappa shape index (κ1) is 17.3. The van der Waals surface area contributed by atoms with Gasteiger partial charge in [0, 0.05) is 29.2 Å². The first-order chi connectivity index (χ1) is 13.0. The summed E-state index contributed by atoms with van der Waals surface area (Å²) in [6, 6.07) is 18.3. The smallest absolute Gasteiger partial charge is 0.255 e. The number of aromatic nitrogens is 1. The Morgan fingerprint density at radius 1 is 1.11 bits per heavy atom. The van der Waals surface area contributed by atoms with Crippen LogP contribution in [0, 0.1) is 13.8 Å². The van der Waals surface area contributed by atoms with Crippen LogP contribution in [-0.4, -0.2) is 16.9 Å². The Bertz CT molecular complexity index is 1010. The van der Waals surface area contributed by atoms with E-state index in [1.165, 1.54) is 11.3 Å². The van der Waals surface area contributed by atoms with E-state index in [4.69, 9.17) is 0 Å². The molecule has 1 unspecified atom stereocenters. The molecule has 3 aromatic rings. The number of carbonyl (C=O) groups is 1. The van der Waals surface area contributed by atoms with Crippen LogP contribution in [-0.2, 0) is 6.42 Å². The molecule has 2 heterocycles. The largest absolute Gasteiger partial charge is 0.323 e. The second kappa shape index (κ2) is 6.88. The Morgan fingerprint density at radius 2 is 1.93 bits per heavy atom. The zero-order valence-electron chi connectivity index (χ0n) is 15.9. The molecular formula is C23H23N3O. The van der Waals surface area contributed by atoms with Gasteiger partial charge in [0.25, 0.3) is 5.91 Å². The van der Waals surface area contributed by atoms with Crippen LogP contribution in [0.1, 0.15) is 34.0 Å². The lowest BCUT2D eigenvalue weighted by Crippen LogP contribution is -2.25. The Hall–Kier alpha value is -3.14. The SMILES string of the molecule is Cc1cccc(NC(=O)c2ccnc(N3c4ccccc4CC3C)c2)c1C. The van der Waals surface area contributed by atoms with Crippen LogP contribution >= 0.6 is 0 Å². The Balaban J connectivity index is 1.63. The summed E-state index contributed by atoms with van der Waals surface area (Å²) >= 11 is 0.